The van der Waals surface area contributed by atoms with Gasteiger partial charge in [0.15, 0.2) is 0 Å². The summed E-state index contributed by atoms with van der Waals surface area (Å²) < 4.78 is 5.12. The largest absolute Gasteiger partial charge is 0.497 e. The number of methoxy groups -OCH3 is 1. The van der Waals surface area contributed by atoms with Gasteiger partial charge in [0.1, 0.15) is 5.75 Å². The first-order chi connectivity index (χ1) is 5.90. The molecular weight excluding hydrogens is 150 g/mol. The maximum absolute atomic E-state index is 5.12. The molecule has 1 aliphatic rings. The van der Waals surface area contributed by atoms with Crippen molar-refractivity contribution in [2.75, 3.05) is 19.0 Å². The Morgan fingerprint density at radius 2 is 2.33 bits per heavy atom. The molecule has 0 amide bonds. The van der Waals surface area contributed by atoms with E-state index in [0.717, 1.165) is 18.0 Å². The van der Waals surface area contributed by atoms with Crippen molar-refractivity contribution in [3.63, 3.8) is 0 Å². The first kappa shape index (κ1) is 7.22. The molecule has 1 aromatic rings. The molecule has 0 unspecified atom stereocenters. The Morgan fingerprint density at radius 3 is 3.17 bits per heavy atom. The van der Waals surface area contributed by atoms with Crippen molar-refractivity contribution in [3.05, 3.63) is 29.8 Å². The van der Waals surface area contributed by atoms with Gasteiger partial charge in [-0.1, -0.05) is 12.2 Å². The lowest BCUT2D eigenvalue weighted by molar-refractivity contribution is 0.415. The van der Waals surface area contributed by atoms with E-state index in [4.69, 9.17) is 4.74 Å². The second kappa shape index (κ2) is 2.89. The molecule has 0 aliphatic carbocycles. The third-order valence-corrected chi connectivity index (χ3v) is 1.97. The van der Waals surface area contributed by atoms with Crippen LogP contribution in [0.25, 0.3) is 6.08 Å². The summed E-state index contributed by atoms with van der Waals surface area (Å²) in [6.45, 7) is 0.903. The first-order valence-electron chi connectivity index (χ1n) is 3.98. The highest BCUT2D eigenvalue weighted by atomic mass is 16.5. The maximum atomic E-state index is 5.12. The van der Waals surface area contributed by atoms with Crippen LogP contribution >= 0.6 is 0 Å². The molecule has 12 heavy (non-hydrogen) atoms. The van der Waals surface area contributed by atoms with Crippen LogP contribution in [0.3, 0.4) is 0 Å². The predicted molar refractivity (Wildman–Crippen MR) is 50.5 cm³/mol. The number of nitrogens with one attached hydrogen (secondary N) is 1. The number of ether oxygens (including phenoxy) is 1. The van der Waals surface area contributed by atoms with Crippen molar-refractivity contribution >= 4 is 11.8 Å². The van der Waals surface area contributed by atoms with Crippen molar-refractivity contribution in [3.8, 4) is 5.75 Å². The molecule has 0 saturated carbocycles. The Morgan fingerprint density at radius 1 is 1.42 bits per heavy atom. The van der Waals surface area contributed by atoms with Gasteiger partial charge in [-0.2, -0.15) is 0 Å². The van der Waals surface area contributed by atoms with E-state index in [9.17, 15) is 0 Å². The summed E-state index contributed by atoms with van der Waals surface area (Å²) in [7, 11) is 1.68. The van der Waals surface area contributed by atoms with E-state index in [1.165, 1.54) is 5.56 Å². The zero-order valence-electron chi connectivity index (χ0n) is 7.00. The molecule has 0 radical (unpaired) electrons. The zero-order chi connectivity index (χ0) is 8.39. The number of rotatable bonds is 1. The summed E-state index contributed by atoms with van der Waals surface area (Å²) >= 11 is 0. The zero-order valence-corrected chi connectivity index (χ0v) is 7.00. The molecule has 1 N–H and O–H groups in total. The summed E-state index contributed by atoms with van der Waals surface area (Å²) in [4.78, 5) is 0. The molecule has 62 valence electrons. The second-order valence-electron chi connectivity index (χ2n) is 2.74. The molecule has 1 aromatic carbocycles. The molecule has 2 heteroatoms. The van der Waals surface area contributed by atoms with Gasteiger partial charge in [-0.25, -0.2) is 0 Å². The van der Waals surface area contributed by atoms with Crippen molar-refractivity contribution in [2.45, 2.75) is 0 Å². The van der Waals surface area contributed by atoms with Gasteiger partial charge in [0, 0.05) is 18.3 Å². The van der Waals surface area contributed by atoms with Crippen LogP contribution in [0.4, 0.5) is 5.69 Å². The number of fused-ring (bicyclic) bond motifs is 1. The molecule has 1 heterocycles. The van der Waals surface area contributed by atoms with E-state index >= 15 is 0 Å². The second-order valence-corrected chi connectivity index (χ2v) is 2.74. The minimum absolute atomic E-state index is 0.900. The number of anilines is 1. The Balaban J connectivity index is 2.44. The summed E-state index contributed by atoms with van der Waals surface area (Å²) in [6.07, 6.45) is 4.22. The third-order valence-electron chi connectivity index (χ3n) is 1.97. The fourth-order valence-electron chi connectivity index (χ4n) is 1.32. The molecule has 0 bridgehead atoms. The highest BCUT2D eigenvalue weighted by molar-refractivity contribution is 5.71. The lowest BCUT2D eigenvalue weighted by atomic mass is 10.1. The molecule has 0 saturated heterocycles. The van der Waals surface area contributed by atoms with Gasteiger partial charge in [-0.3, -0.25) is 0 Å². The Bertz CT molecular complexity index is 318. The van der Waals surface area contributed by atoms with Crippen LogP contribution in [0.2, 0.25) is 0 Å². The van der Waals surface area contributed by atoms with Crippen molar-refractivity contribution in [2.24, 2.45) is 0 Å². The monoisotopic (exact) mass is 161 g/mol. The Labute approximate surface area is 71.9 Å². The molecule has 1 aliphatic heterocycles. The minimum atomic E-state index is 0.900. The van der Waals surface area contributed by atoms with Gasteiger partial charge < -0.3 is 10.1 Å². The molecule has 0 aromatic heterocycles. The van der Waals surface area contributed by atoms with Gasteiger partial charge in [0.2, 0.25) is 0 Å². The van der Waals surface area contributed by atoms with Crippen LogP contribution in [0, 0.1) is 0 Å². The van der Waals surface area contributed by atoms with Crippen molar-refractivity contribution < 1.29 is 4.74 Å². The minimum Gasteiger partial charge on any atom is -0.497 e. The Kier molecular flexibility index (Phi) is 1.74. The number of hydrogen-bond acceptors (Lipinski definition) is 2. The van der Waals surface area contributed by atoms with Gasteiger partial charge in [-0.15, -0.1) is 0 Å². The summed E-state index contributed by atoms with van der Waals surface area (Å²) in [5.41, 5.74) is 2.37. The fraction of sp³-hybridized carbons (Fsp3) is 0.200. The molecule has 0 spiro atoms. The van der Waals surface area contributed by atoms with E-state index in [1.54, 1.807) is 7.11 Å². The topological polar surface area (TPSA) is 21.3 Å². The summed E-state index contributed by atoms with van der Waals surface area (Å²) in [5, 5.41) is 3.27. The average Bonchev–Trinajstić information content (AvgIpc) is 2.17. The summed E-state index contributed by atoms with van der Waals surface area (Å²) in [5.74, 6) is 0.900. The SMILES string of the molecule is COc1ccc2c(c1)NCC=C2. The molecule has 2 nitrogen and oxygen atoms in total. The number of hydrogen-bond donors (Lipinski definition) is 1. The number of benzene rings is 1. The van der Waals surface area contributed by atoms with E-state index in [0.29, 0.717) is 0 Å². The molecular formula is C10H11NO. The highest BCUT2D eigenvalue weighted by Gasteiger charge is 2.03. The fourth-order valence-corrected chi connectivity index (χ4v) is 1.32. The maximum Gasteiger partial charge on any atom is 0.120 e. The predicted octanol–water partition coefficient (Wildman–Crippen LogP) is 2.13. The van der Waals surface area contributed by atoms with Crippen LogP contribution in [-0.4, -0.2) is 13.7 Å². The molecule has 0 atom stereocenters. The quantitative estimate of drug-likeness (QED) is 0.681. The van der Waals surface area contributed by atoms with Crippen LogP contribution in [0.5, 0.6) is 5.75 Å². The van der Waals surface area contributed by atoms with Gasteiger partial charge in [-0.05, 0) is 17.7 Å². The van der Waals surface area contributed by atoms with Crippen LogP contribution in [0.15, 0.2) is 24.3 Å². The van der Waals surface area contributed by atoms with Gasteiger partial charge in [0.05, 0.1) is 7.11 Å². The third kappa shape index (κ3) is 1.16. The van der Waals surface area contributed by atoms with E-state index in [2.05, 4.69) is 23.5 Å². The summed E-state index contributed by atoms with van der Waals surface area (Å²) in [6, 6.07) is 6.03. The molecule has 2 rings (SSSR count). The van der Waals surface area contributed by atoms with E-state index in [1.807, 2.05) is 12.1 Å². The van der Waals surface area contributed by atoms with Crippen molar-refractivity contribution in [1.82, 2.24) is 0 Å². The molecule has 0 fully saturated rings. The standard InChI is InChI=1S/C10H11NO/c1-12-9-5-4-8-3-2-6-11-10(8)7-9/h2-5,7,11H,6H2,1H3. The normalized spacial score (nSPS) is 13.4. The lowest BCUT2D eigenvalue weighted by Crippen LogP contribution is -2.04. The van der Waals surface area contributed by atoms with Gasteiger partial charge >= 0.3 is 0 Å². The van der Waals surface area contributed by atoms with Crippen molar-refractivity contribution in [1.29, 1.82) is 0 Å². The van der Waals surface area contributed by atoms with E-state index in [-0.39, 0.29) is 0 Å². The van der Waals surface area contributed by atoms with E-state index < -0.39 is 0 Å². The highest BCUT2D eigenvalue weighted by Crippen LogP contribution is 2.25. The van der Waals surface area contributed by atoms with Gasteiger partial charge in [0.25, 0.3) is 0 Å². The smallest absolute Gasteiger partial charge is 0.120 e. The first-order valence-corrected chi connectivity index (χ1v) is 3.98. The lowest BCUT2D eigenvalue weighted by Gasteiger charge is -2.13. The van der Waals surface area contributed by atoms with Crippen LogP contribution in [0.1, 0.15) is 5.56 Å². The van der Waals surface area contributed by atoms with Crippen LogP contribution < -0.4 is 10.1 Å². The van der Waals surface area contributed by atoms with Crippen LogP contribution in [-0.2, 0) is 0 Å². The Hall–Kier alpha value is -1.44. The average molecular weight is 161 g/mol.